The average molecular weight is 431 g/mol. The molecule has 0 N–H and O–H groups in total. The average Bonchev–Trinajstić information content (AvgIpc) is 2.60. The molecule has 0 aromatic heterocycles. The summed E-state index contributed by atoms with van der Waals surface area (Å²) < 4.78 is 43.5. The maximum Gasteiger partial charge on any atom is 1.00 e. The maximum atomic E-state index is 11.8. The number of carbonyl (C=O) groups is 2. The molecule has 0 saturated heterocycles. The Hall–Kier alpha value is -0.150. The van der Waals surface area contributed by atoms with Gasteiger partial charge < -0.3 is 14.0 Å². The molecule has 0 bridgehead atoms. The van der Waals surface area contributed by atoms with Crippen molar-refractivity contribution < 1.29 is 61.6 Å². The second-order valence-electron chi connectivity index (χ2n) is 6.76. The van der Waals surface area contributed by atoms with Crippen molar-refractivity contribution in [2.45, 2.75) is 96.1 Å². The van der Waals surface area contributed by atoms with Crippen LogP contribution in [0.15, 0.2) is 0 Å². The molecular formula is C19H35NaO7S. The number of esters is 2. The first-order chi connectivity index (χ1) is 12.8. The van der Waals surface area contributed by atoms with Gasteiger partial charge in [0.1, 0.15) is 10.1 Å². The van der Waals surface area contributed by atoms with Gasteiger partial charge in [-0.2, -0.15) is 0 Å². The minimum atomic E-state index is -4.98. The molecule has 0 saturated carbocycles. The third-order valence-electron chi connectivity index (χ3n) is 4.22. The number of rotatable bonds is 17. The molecular weight excluding hydrogens is 395 g/mol. The Balaban J connectivity index is 0. The van der Waals surface area contributed by atoms with E-state index in [-0.39, 0.29) is 42.8 Å². The van der Waals surface area contributed by atoms with E-state index in [0.29, 0.717) is 12.8 Å². The first-order valence-electron chi connectivity index (χ1n) is 10.1. The van der Waals surface area contributed by atoms with Crippen molar-refractivity contribution >= 4 is 22.1 Å². The van der Waals surface area contributed by atoms with E-state index >= 15 is 0 Å². The van der Waals surface area contributed by atoms with Crippen LogP contribution in [0.5, 0.6) is 0 Å². The van der Waals surface area contributed by atoms with Gasteiger partial charge >= 0.3 is 41.5 Å². The van der Waals surface area contributed by atoms with E-state index < -0.39 is 33.7 Å². The summed E-state index contributed by atoms with van der Waals surface area (Å²) in [6, 6.07) is 0. The van der Waals surface area contributed by atoms with Gasteiger partial charge in [-0.1, -0.05) is 71.6 Å². The molecule has 28 heavy (non-hydrogen) atoms. The fourth-order valence-electron chi connectivity index (χ4n) is 2.55. The minimum Gasteiger partial charge on any atom is -0.747 e. The SMILES string of the molecule is CCCCCCCCCCOC(=O)CC(C(=O)OCCCCC)S(=O)(=O)[O-].[Na+]. The van der Waals surface area contributed by atoms with Gasteiger partial charge in [0.05, 0.1) is 19.6 Å². The van der Waals surface area contributed by atoms with Crippen LogP contribution in [0.3, 0.4) is 0 Å². The molecule has 9 heteroatoms. The quantitative estimate of drug-likeness (QED) is 0.145. The molecule has 0 aliphatic rings. The van der Waals surface area contributed by atoms with Gasteiger partial charge in [0.15, 0.2) is 5.25 Å². The summed E-state index contributed by atoms with van der Waals surface area (Å²) in [5, 5.41) is -2.04. The first kappa shape index (κ1) is 30.0. The van der Waals surface area contributed by atoms with Gasteiger partial charge in [-0.15, -0.1) is 0 Å². The van der Waals surface area contributed by atoms with E-state index in [4.69, 9.17) is 9.47 Å². The van der Waals surface area contributed by atoms with Gasteiger partial charge in [-0.05, 0) is 12.8 Å². The largest absolute Gasteiger partial charge is 1.00 e. The molecule has 0 heterocycles. The summed E-state index contributed by atoms with van der Waals surface area (Å²) in [5.74, 6) is -2.04. The third-order valence-corrected chi connectivity index (χ3v) is 5.27. The standard InChI is InChI=1S/C19H36O7S.Na/c1-3-5-7-8-9-10-11-13-14-25-18(20)16-17(27(22,23)24)19(21)26-15-12-6-4-2;/h17H,3-16H2,1-2H3,(H,22,23,24);/q;+1/p-1. The Labute approximate surface area is 192 Å². The Morgan fingerprint density at radius 2 is 1.21 bits per heavy atom. The Kier molecular flexibility index (Phi) is 20.2. The van der Waals surface area contributed by atoms with E-state index in [1.54, 1.807) is 0 Å². The van der Waals surface area contributed by atoms with Gasteiger partial charge in [0.2, 0.25) is 0 Å². The summed E-state index contributed by atoms with van der Waals surface area (Å²) in [7, 11) is -4.98. The molecule has 160 valence electrons. The van der Waals surface area contributed by atoms with Crippen molar-refractivity contribution in [2.24, 2.45) is 0 Å². The van der Waals surface area contributed by atoms with Crippen LogP contribution in [0.4, 0.5) is 0 Å². The van der Waals surface area contributed by atoms with Crippen LogP contribution in [0.25, 0.3) is 0 Å². The second kappa shape index (κ2) is 18.9. The van der Waals surface area contributed by atoms with Gasteiger partial charge in [-0.3, -0.25) is 9.59 Å². The maximum absolute atomic E-state index is 11.8. The van der Waals surface area contributed by atoms with Gasteiger partial charge in [0, 0.05) is 0 Å². The Morgan fingerprint density at radius 3 is 1.75 bits per heavy atom. The van der Waals surface area contributed by atoms with E-state index in [2.05, 4.69) is 6.92 Å². The summed E-state index contributed by atoms with van der Waals surface area (Å²) in [6.07, 6.45) is 10.2. The number of hydrogen-bond donors (Lipinski definition) is 0. The Morgan fingerprint density at radius 1 is 0.786 bits per heavy atom. The van der Waals surface area contributed by atoms with E-state index in [1.807, 2.05) is 6.92 Å². The predicted molar refractivity (Wildman–Crippen MR) is 102 cm³/mol. The monoisotopic (exact) mass is 430 g/mol. The van der Waals surface area contributed by atoms with Crippen LogP contribution in [-0.2, 0) is 29.2 Å². The van der Waals surface area contributed by atoms with E-state index in [9.17, 15) is 22.6 Å². The van der Waals surface area contributed by atoms with Crippen LogP contribution in [-0.4, -0.2) is 43.4 Å². The molecule has 0 aliphatic heterocycles. The zero-order valence-electron chi connectivity index (χ0n) is 17.7. The predicted octanol–water partition coefficient (Wildman–Crippen LogP) is 0.712. The second-order valence-corrected chi connectivity index (χ2v) is 8.31. The molecule has 0 aromatic rings. The van der Waals surface area contributed by atoms with Crippen molar-refractivity contribution in [3.8, 4) is 0 Å². The van der Waals surface area contributed by atoms with Crippen LogP contribution < -0.4 is 29.6 Å². The van der Waals surface area contributed by atoms with Crippen LogP contribution in [0.2, 0.25) is 0 Å². The molecule has 7 nitrogen and oxygen atoms in total. The fraction of sp³-hybridized carbons (Fsp3) is 0.895. The number of unbranched alkanes of at least 4 members (excludes halogenated alkanes) is 9. The molecule has 0 amide bonds. The first-order valence-corrected chi connectivity index (χ1v) is 11.6. The summed E-state index contributed by atoms with van der Waals surface area (Å²) in [6.45, 7) is 4.33. The van der Waals surface area contributed by atoms with Crippen LogP contribution in [0.1, 0.15) is 90.9 Å². The van der Waals surface area contributed by atoms with Crippen molar-refractivity contribution in [1.29, 1.82) is 0 Å². The number of carbonyl (C=O) groups excluding carboxylic acids is 2. The molecule has 1 unspecified atom stereocenters. The molecule has 0 radical (unpaired) electrons. The molecule has 0 fully saturated rings. The van der Waals surface area contributed by atoms with Gasteiger partial charge in [0.25, 0.3) is 0 Å². The van der Waals surface area contributed by atoms with Crippen molar-refractivity contribution in [3.63, 3.8) is 0 Å². The number of hydrogen-bond acceptors (Lipinski definition) is 7. The number of ether oxygens (including phenoxy) is 2. The van der Waals surface area contributed by atoms with Crippen molar-refractivity contribution in [2.75, 3.05) is 13.2 Å². The van der Waals surface area contributed by atoms with Crippen LogP contribution >= 0.6 is 0 Å². The molecule has 0 spiro atoms. The van der Waals surface area contributed by atoms with Crippen molar-refractivity contribution in [1.82, 2.24) is 0 Å². The Bertz CT molecular complexity index is 508. The topological polar surface area (TPSA) is 110 Å². The molecule has 0 aliphatic carbocycles. The molecule has 1 atom stereocenters. The summed E-state index contributed by atoms with van der Waals surface area (Å²) in [5.41, 5.74) is 0. The summed E-state index contributed by atoms with van der Waals surface area (Å²) >= 11 is 0. The summed E-state index contributed by atoms with van der Waals surface area (Å²) in [4.78, 5) is 23.6. The third kappa shape index (κ3) is 16.8. The van der Waals surface area contributed by atoms with Crippen LogP contribution in [0, 0.1) is 0 Å². The zero-order valence-corrected chi connectivity index (χ0v) is 20.6. The molecule has 0 rings (SSSR count). The minimum absolute atomic E-state index is 0. The van der Waals surface area contributed by atoms with E-state index in [1.165, 1.54) is 25.7 Å². The van der Waals surface area contributed by atoms with E-state index in [0.717, 1.165) is 32.1 Å². The zero-order chi connectivity index (χ0) is 20.5. The van der Waals surface area contributed by atoms with Gasteiger partial charge in [-0.25, -0.2) is 8.42 Å². The fourth-order valence-corrected chi connectivity index (χ4v) is 3.20. The molecule has 0 aromatic carbocycles. The van der Waals surface area contributed by atoms with Crippen molar-refractivity contribution in [3.05, 3.63) is 0 Å². The smallest absolute Gasteiger partial charge is 0.747 e. The normalized spacial score (nSPS) is 12.1.